The van der Waals surface area contributed by atoms with Gasteiger partial charge in [-0.25, -0.2) is 4.39 Å². The molecule has 0 aliphatic heterocycles. The van der Waals surface area contributed by atoms with E-state index < -0.39 is 5.82 Å². The molecule has 2 nitrogen and oxygen atoms in total. The van der Waals surface area contributed by atoms with Crippen LogP contribution in [-0.2, 0) is 0 Å². The van der Waals surface area contributed by atoms with Gasteiger partial charge in [0.15, 0.2) is 5.78 Å². The van der Waals surface area contributed by atoms with Crippen molar-refractivity contribution in [2.75, 3.05) is 5.73 Å². The molecular weight excluding hydrogens is 285 g/mol. The van der Waals surface area contributed by atoms with Gasteiger partial charge in [0.05, 0.1) is 5.69 Å². The molecule has 0 spiro atoms. The van der Waals surface area contributed by atoms with Crippen LogP contribution in [0, 0.1) is 5.82 Å². The molecule has 0 unspecified atom stereocenters. The lowest BCUT2D eigenvalue weighted by Gasteiger charge is -2.07. The molecule has 2 N–H and O–H groups in total. The van der Waals surface area contributed by atoms with E-state index in [0.29, 0.717) is 10.0 Å². The second-order valence-corrected chi connectivity index (χ2v) is 4.40. The molecule has 0 amide bonds. The molecule has 0 heterocycles. The second-order valence-electron chi connectivity index (χ2n) is 3.54. The first kappa shape index (κ1) is 11.8. The van der Waals surface area contributed by atoms with Gasteiger partial charge in [-0.2, -0.15) is 0 Å². The van der Waals surface area contributed by atoms with Crippen LogP contribution in [0.25, 0.3) is 0 Å². The van der Waals surface area contributed by atoms with Crippen LogP contribution in [0.5, 0.6) is 0 Å². The Morgan fingerprint density at radius 1 is 1.18 bits per heavy atom. The van der Waals surface area contributed by atoms with Gasteiger partial charge in [0.25, 0.3) is 0 Å². The molecule has 0 aromatic heterocycles. The van der Waals surface area contributed by atoms with Gasteiger partial charge in [-0.05, 0) is 28.1 Å². The zero-order valence-corrected chi connectivity index (χ0v) is 10.4. The van der Waals surface area contributed by atoms with E-state index in [9.17, 15) is 9.18 Å². The van der Waals surface area contributed by atoms with E-state index in [1.807, 2.05) is 6.07 Å². The maximum absolute atomic E-state index is 13.2. The van der Waals surface area contributed by atoms with Crippen molar-refractivity contribution in [2.24, 2.45) is 0 Å². The van der Waals surface area contributed by atoms with E-state index in [4.69, 9.17) is 5.73 Å². The van der Waals surface area contributed by atoms with E-state index in [1.54, 1.807) is 24.3 Å². The third-order valence-corrected chi connectivity index (χ3v) is 3.03. The second kappa shape index (κ2) is 4.67. The van der Waals surface area contributed by atoms with Crippen molar-refractivity contribution in [3.63, 3.8) is 0 Å². The van der Waals surface area contributed by atoms with Crippen LogP contribution in [0.4, 0.5) is 10.1 Å². The zero-order valence-electron chi connectivity index (χ0n) is 8.78. The Hall–Kier alpha value is -1.68. The number of hydrogen-bond donors (Lipinski definition) is 1. The highest BCUT2D eigenvalue weighted by molar-refractivity contribution is 9.10. The fraction of sp³-hybridized carbons (Fsp3) is 0. The van der Waals surface area contributed by atoms with Gasteiger partial charge in [-0.1, -0.05) is 30.3 Å². The number of rotatable bonds is 2. The Balaban J connectivity index is 2.52. The molecule has 2 aromatic rings. The third kappa shape index (κ3) is 2.36. The van der Waals surface area contributed by atoms with Crippen LogP contribution in [0.1, 0.15) is 15.9 Å². The van der Waals surface area contributed by atoms with E-state index in [1.165, 1.54) is 6.07 Å². The SMILES string of the molecule is Nc1c(Br)cc(F)cc1C(=O)c1ccccc1. The van der Waals surface area contributed by atoms with Crippen molar-refractivity contribution < 1.29 is 9.18 Å². The summed E-state index contributed by atoms with van der Waals surface area (Å²) in [6, 6.07) is 11.0. The Kier molecular flexibility index (Phi) is 3.24. The highest BCUT2D eigenvalue weighted by Gasteiger charge is 2.15. The molecule has 0 atom stereocenters. The maximum Gasteiger partial charge on any atom is 0.195 e. The summed E-state index contributed by atoms with van der Waals surface area (Å²) in [6.45, 7) is 0. The first-order valence-electron chi connectivity index (χ1n) is 4.94. The Labute approximate surface area is 106 Å². The fourth-order valence-corrected chi connectivity index (χ4v) is 1.95. The summed E-state index contributed by atoms with van der Waals surface area (Å²) in [7, 11) is 0. The topological polar surface area (TPSA) is 43.1 Å². The quantitative estimate of drug-likeness (QED) is 0.681. The van der Waals surface area contributed by atoms with Crippen molar-refractivity contribution in [1.29, 1.82) is 0 Å². The predicted octanol–water partition coefficient (Wildman–Crippen LogP) is 3.40. The molecule has 0 fully saturated rings. The van der Waals surface area contributed by atoms with Crippen LogP contribution in [0.2, 0.25) is 0 Å². The van der Waals surface area contributed by atoms with Crippen LogP contribution in [-0.4, -0.2) is 5.78 Å². The summed E-state index contributed by atoms with van der Waals surface area (Å²) < 4.78 is 13.6. The van der Waals surface area contributed by atoms with Crippen molar-refractivity contribution in [3.8, 4) is 0 Å². The van der Waals surface area contributed by atoms with E-state index in [2.05, 4.69) is 15.9 Å². The average Bonchev–Trinajstić information content (AvgIpc) is 2.34. The Bertz CT molecular complexity index is 569. The van der Waals surface area contributed by atoms with E-state index >= 15 is 0 Å². The lowest BCUT2D eigenvalue weighted by atomic mass is 10.0. The summed E-state index contributed by atoms with van der Waals surface area (Å²) in [6.07, 6.45) is 0. The molecule has 4 heteroatoms. The number of hydrogen-bond acceptors (Lipinski definition) is 2. The summed E-state index contributed by atoms with van der Waals surface area (Å²) in [4.78, 5) is 12.1. The largest absolute Gasteiger partial charge is 0.397 e. The number of carbonyl (C=O) groups is 1. The van der Waals surface area contributed by atoms with Gasteiger partial charge in [0.2, 0.25) is 0 Å². The summed E-state index contributed by atoms with van der Waals surface area (Å²) >= 11 is 3.12. The molecule has 17 heavy (non-hydrogen) atoms. The third-order valence-electron chi connectivity index (χ3n) is 2.37. The number of benzene rings is 2. The summed E-state index contributed by atoms with van der Waals surface area (Å²) in [5.41, 5.74) is 6.66. The minimum absolute atomic E-state index is 0.170. The van der Waals surface area contributed by atoms with E-state index in [-0.39, 0.29) is 17.0 Å². The number of nitrogens with two attached hydrogens (primary N) is 1. The van der Waals surface area contributed by atoms with Crippen LogP contribution in [0.15, 0.2) is 46.9 Å². The summed E-state index contributed by atoms with van der Waals surface area (Å²) in [5, 5.41) is 0. The van der Waals surface area contributed by atoms with Crippen molar-refractivity contribution in [1.82, 2.24) is 0 Å². The van der Waals surface area contributed by atoms with Crippen molar-refractivity contribution in [3.05, 3.63) is 63.9 Å². The van der Waals surface area contributed by atoms with Crippen LogP contribution < -0.4 is 5.73 Å². The lowest BCUT2D eigenvalue weighted by Crippen LogP contribution is -2.06. The molecule has 0 saturated carbocycles. The first-order valence-corrected chi connectivity index (χ1v) is 5.73. The van der Waals surface area contributed by atoms with E-state index in [0.717, 1.165) is 6.07 Å². The van der Waals surface area contributed by atoms with Gasteiger partial charge in [0, 0.05) is 15.6 Å². The van der Waals surface area contributed by atoms with Crippen molar-refractivity contribution >= 4 is 27.4 Å². The molecule has 0 radical (unpaired) electrons. The molecule has 2 aromatic carbocycles. The lowest BCUT2D eigenvalue weighted by molar-refractivity contribution is 0.103. The number of halogens is 2. The molecular formula is C13H9BrFNO. The standard InChI is InChI=1S/C13H9BrFNO/c14-11-7-9(15)6-10(12(11)16)13(17)8-4-2-1-3-5-8/h1-7H,16H2. The summed E-state index contributed by atoms with van der Waals surface area (Å²) in [5.74, 6) is -0.784. The molecule has 2 rings (SSSR count). The molecule has 86 valence electrons. The number of carbonyl (C=O) groups excluding carboxylic acids is 1. The van der Waals surface area contributed by atoms with Crippen LogP contribution >= 0.6 is 15.9 Å². The smallest absolute Gasteiger partial charge is 0.195 e. The maximum atomic E-state index is 13.2. The minimum Gasteiger partial charge on any atom is -0.397 e. The molecule has 0 saturated heterocycles. The highest BCUT2D eigenvalue weighted by Crippen LogP contribution is 2.26. The fourth-order valence-electron chi connectivity index (χ4n) is 1.52. The zero-order chi connectivity index (χ0) is 12.4. The van der Waals surface area contributed by atoms with Gasteiger partial charge in [-0.3, -0.25) is 4.79 Å². The van der Waals surface area contributed by atoms with Crippen molar-refractivity contribution in [2.45, 2.75) is 0 Å². The molecule has 0 aliphatic rings. The molecule has 0 bridgehead atoms. The average molecular weight is 294 g/mol. The predicted molar refractivity (Wildman–Crippen MR) is 68.4 cm³/mol. The van der Waals surface area contributed by atoms with Gasteiger partial charge < -0.3 is 5.73 Å². The first-order chi connectivity index (χ1) is 8.09. The number of nitrogen functional groups attached to an aromatic ring is 1. The minimum atomic E-state index is -0.495. The van der Waals surface area contributed by atoms with Gasteiger partial charge in [0.1, 0.15) is 5.82 Å². The number of anilines is 1. The van der Waals surface area contributed by atoms with Gasteiger partial charge in [-0.15, -0.1) is 0 Å². The highest BCUT2D eigenvalue weighted by atomic mass is 79.9. The normalized spacial score (nSPS) is 10.2. The Morgan fingerprint density at radius 3 is 2.47 bits per heavy atom. The van der Waals surface area contributed by atoms with Gasteiger partial charge >= 0.3 is 0 Å². The Morgan fingerprint density at radius 2 is 1.82 bits per heavy atom. The number of ketones is 1. The monoisotopic (exact) mass is 293 g/mol. The molecule has 0 aliphatic carbocycles. The van der Waals surface area contributed by atoms with Crippen LogP contribution in [0.3, 0.4) is 0 Å².